The summed E-state index contributed by atoms with van der Waals surface area (Å²) in [6.45, 7) is 3.33. The van der Waals surface area contributed by atoms with Crippen molar-refractivity contribution in [1.82, 2.24) is 20.4 Å². The van der Waals surface area contributed by atoms with E-state index in [1.165, 1.54) is 6.26 Å². The number of H-pyrrole nitrogens is 1. The SMILES string of the molecule is Cc1cccc(CNC(=O)c2n[nH]c3c2CN(C(=O)c2ccco2)CC3)c1. The van der Waals surface area contributed by atoms with Gasteiger partial charge in [-0.1, -0.05) is 29.8 Å². The van der Waals surface area contributed by atoms with Crippen molar-refractivity contribution in [2.75, 3.05) is 6.54 Å². The van der Waals surface area contributed by atoms with E-state index in [1.54, 1.807) is 17.0 Å². The molecule has 0 saturated heterocycles. The molecular weight excluding hydrogens is 344 g/mol. The highest BCUT2D eigenvalue weighted by molar-refractivity contribution is 5.95. The number of carbonyl (C=O) groups is 2. The number of carbonyl (C=O) groups excluding carboxylic acids is 2. The highest BCUT2D eigenvalue weighted by Gasteiger charge is 2.29. The lowest BCUT2D eigenvalue weighted by atomic mass is 10.0. The predicted octanol–water partition coefficient (Wildman–Crippen LogP) is 2.44. The Morgan fingerprint density at radius 1 is 1.30 bits per heavy atom. The van der Waals surface area contributed by atoms with Crippen LogP contribution in [0.1, 0.15) is 43.4 Å². The molecule has 3 heterocycles. The first kappa shape index (κ1) is 17.1. The standard InChI is InChI=1S/C20H20N4O3/c1-13-4-2-5-14(10-13)11-21-19(25)18-15-12-24(8-7-16(15)22-23-18)20(26)17-6-3-9-27-17/h2-6,9-10H,7-8,11-12H2,1H3,(H,21,25)(H,22,23). The number of furan rings is 1. The molecule has 3 aromatic rings. The van der Waals surface area contributed by atoms with Crippen molar-refractivity contribution in [2.24, 2.45) is 0 Å². The Morgan fingerprint density at radius 3 is 2.96 bits per heavy atom. The van der Waals surface area contributed by atoms with Crippen LogP contribution in [0, 0.1) is 6.92 Å². The van der Waals surface area contributed by atoms with Gasteiger partial charge in [-0.05, 0) is 24.6 Å². The minimum atomic E-state index is -0.249. The van der Waals surface area contributed by atoms with Gasteiger partial charge in [0.05, 0.1) is 12.8 Å². The Morgan fingerprint density at radius 2 is 2.19 bits per heavy atom. The van der Waals surface area contributed by atoms with Crippen LogP contribution >= 0.6 is 0 Å². The highest BCUT2D eigenvalue weighted by atomic mass is 16.3. The average Bonchev–Trinajstić information content (AvgIpc) is 3.35. The number of hydrogen-bond donors (Lipinski definition) is 2. The van der Waals surface area contributed by atoms with Gasteiger partial charge < -0.3 is 14.6 Å². The second kappa shape index (κ2) is 7.11. The first-order valence-corrected chi connectivity index (χ1v) is 8.84. The zero-order valence-corrected chi connectivity index (χ0v) is 15.0. The first-order valence-electron chi connectivity index (χ1n) is 8.84. The monoisotopic (exact) mass is 364 g/mol. The number of rotatable bonds is 4. The first-order chi connectivity index (χ1) is 13.1. The average molecular weight is 364 g/mol. The molecule has 0 saturated carbocycles. The van der Waals surface area contributed by atoms with E-state index in [2.05, 4.69) is 15.5 Å². The molecule has 138 valence electrons. The van der Waals surface area contributed by atoms with Crippen LogP contribution in [0.3, 0.4) is 0 Å². The van der Waals surface area contributed by atoms with Gasteiger partial charge in [-0.3, -0.25) is 14.7 Å². The van der Waals surface area contributed by atoms with E-state index in [-0.39, 0.29) is 11.8 Å². The van der Waals surface area contributed by atoms with Crippen molar-refractivity contribution in [3.05, 3.63) is 76.5 Å². The van der Waals surface area contributed by atoms with Crippen LogP contribution in [0.25, 0.3) is 0 Å². The van der Waals surface area contributed by atoms with Crippen molar-refractivity contribution in [3.63, 3.8) is 0 Å². The van der Waals surface area contributed by atoms with Gasteiger partial charge in [-0.15, -0.1) is 0 Å². The lowest BCUT2D eigenvalue weighted by Crippen LogP contribution is -2.36. The minimum Gasteiger partial charge on any atom is -0.459 e. The van der Waals surface area contributed by atoms with E-state index in [4.69, 9.17) is 4.42 Å². The van der Waals surface area contributed by atoms with Crippen LogP contribution < -0.4 is 5.32 Å². The van der Waals surface area contributed by atoms with Crippen molar-refractivity contribution < 1.29 is 14.0 Å². The Balaban J connectivity index is 1.47. The summed E-state index contributed by atoms with van der Waals surface area (Å²) < 4.78 is 5.20. The Labute approximate surface area is 156 Å². The summed E-state index contributed by atoms with van der Waals surface area (Å²) in [7, 11) is 0. The van der Waals surface area contributed by atoms with Crippen molar-refractivity contribution in [2.45, 2.75) is 26.4 Å². The molecule has 0 radical (unpaired) electrons. The maximum absolute atomic E-state index is 12.6. The zero-order chi connectivity index (χ0) is 18.8. The van der Waals surface area contributed by atoms with Crippen LogP contribution in [0.2, 0.25) is 0 Å². The summed E-state index contributed by atoms with van der Waals surface area (Å²) >= 11 is 0. The van der Waals surface area contributed by atoms with E-state index >= 15 is 0 Å². The van der Waals surface area contributed by atoms with E-state index in [0.717, 1.165) is 22.4 Å². The molecule has 0 atom stereocenters. The maximum Gasteiger partial charge on any atom is 0.289 e. The van der Waals surface area contributed by atoms with Gasteiger partial charge in [-0.2, -0.15) is 5.10 Å². The summed E-state index contributed by atoms with van der Waals surface area (Å²) in [6, 6.07) is 11.3. The fourth-order valence-electron chi connectivity index (χ4n) is 3.30. The van der Waals surface area contributed by atoms with E-state index in [0.29, 0.717) is 37.5 Å². The number of nitrogens with one attached hydrogen (secondary N) is 2. The fraction of sp³-hybridized carbons (Fsp3) is 0.250. The molecule has 0 fully saturated rings. The van der Waals surface area contributed by atoms with E-state index in [1.807, 2.05) is 31.2 Å². The highest BCUT2D eigenvalue weighted by Crippen LogP contribution is 2.22. The van der Waals surface area contributed by atoms with Gasteiger partial charge >= 0.3 is 0 Å². The molecule has 7 heteroatoms. The number of aromatic amines is 1. The summed E-state index contributed by atoms with van der Waals surface area (Å²) in [5, 5.41) is 10.0. The number of aryl methyl sites for hydroxylation is 1. The number of fused-ring (bicyclic) bond motifs is 1. The van der Waals surface area contributed by atoms with E-state index in [9.17, 15) is 9.59 Å². The lowest BCUT2D eigenvalue weighted by molar-refractivity contribution is 0.0699. The van der Waals surface area contributed by atoms with Gasteiger partial charge in [0.2, 0.25) is 0 Å². The van der Waals surface area contributed by atoms with Crippen LogP contribution in [0.4, 0.5) is 0 Å². The third-order valence-electron chi connectivity index (χ3n) is 4.70. The Kier molecular flexibility index (Phi) is 4.50. The molecule has 1 aromatic carbocycles. The number of aromatic nitrogens is 2. The molecule has 4 rings (SSSR count). The quantitative estimate of drug-likeness (QED) is 0.744. The normalized spacial score (nSPS) is 13.3. The Hall–Kier alpha value is -3.35. The second-order valence-corrected chi connectivity index (χ2v) is 6.66. The number of amides is 2. The number of nitrogens with zero attached hydrogens (tertiary/aromatic N) is 2. The molecule has 0 aliphatic carbocycles. The molecule has 27 heavy (non-hydrogen) atoms. The smallest absolute Gasteiger partial charge is 0.289 e. The van der Waals surface area contributed by atoms with Gasteiger partial charge in [-0.25, -0.2) is 0 Å². The molecule has 2 aromatic heterocycles. The molecule has 1 aliphatic rings. The molecule has 1 aliphatic heterocycles. The van der Waals surface area contributed by atoms with Crippen LogP contribution in [-0.4, -0.2) is 33.5 Å². The van der Waals surface area contributed by atoms with Crippen LogP contribution in [-0.2, 0) is 19.5 Å². The lowest BCUT2D eigenvalue weighted by Gasteiger charge is -2.26. The second-order valence-electron chi connectivity index (χ2n) is 6.66. The third kappa shape index (κ3) is 3.48. The summed E-state index contributed by atoms with van der Waals surface area (Å²) in [5.74, 6) is -0.133. The number of benzene rings is 1. The number of hydrogen-bond acceptors (Lipinski definition) is 4. The molecule has 2 N–H and O–H groups in total. The van der Waals surface area contributed by atoms with Crippen molar-refractivity contribution in [3.8, 4) is 0 Å². The van der Waals surface area contributed by atoms with Gasteiger partial charge in [0.15, 0.2) is 11.5 Å². The summed E-state index contributed by atoms with van der Waals surface area (Å²) in [5.41, 5.74) is 4.19. The van der Waals surface area contributed by atoms with Gasteiger partial charge in [0, 0.05) is 30.8 Å². The predicted molar refractivity (Wildman–Crippen MR) is 98.1 cm³/mol. The molecule has 2 amide bonds. The summed E-state index contributed by atoms with van der Waals surface area (Å²) in [6.07, 6.45) is 2.10. The van der Waals surface area contributed by atoms with Crippen molar-refractivity contribution >= 4 is 11.8 Å². The zero-order valence-electron chi connectivity index (χ0n) is 15.0. The molecule has 0 spiro atoms. The largest absolute Gasteiger partial charge is 0.459 e. The molecule has 0 unspecified atom stereocenters. The van der Waals surface area contributed by atoms with Crippen LogP contribution in [0.5, 0.6) is 0 Å². The minimum absolute atomic E-state index is 0.182. The van der Waals surface area contributed by atoms with Gasteiger partial charge in [0.25, 0.3) is 11.8 Å². The fourth-order valence-corrected chi connectivity index (χ4v) is 3.30. The molecular formula is C20H20N4O3. The molecule has 0 bridgehead atoms. The summed E-state index contributed by atoms with van der Waals surface area (Å²) in [4.78, 5) is 26.8. The third-order valence-corrected chi connectivity index (χ3v) is 4.70. The topological polar surface area (TPSA) is 91.2 Å². The van der Waals surface area contributed by atoms with Crippen LogP contribution in [0.15, 0.2) is 47.1 Å². The van der Waals surface area contributed by atoms with E-state index < -0.39 is 0 Å². The van der Waals surface area contributed by atoms with Gasteiger partial charge in [0.1, 0.15) is 0 Å². The maximum atomic E-state index is 12.6. The van der Waals surface area contributed by atoms with Crippen molar-refractivity contribution in [1.29, 1.82) is 0 Å². The molecule has 7 nitrogen and oxygen atoms in total. The Bertz CT molecular complexity index is 975.